The summed E-state index contributed by atoms with van der Waals surface area (Å²) in [6, 6.07) is 11.2. The van der Waals surface area contributed by atoms with Crippen LogP contribution in [0.25, 0.3) is 16.6 Å². The summed E-state index contributed by atoms with van der Waals surface area (Å²) in [6.07, 6.45) is 0. The largest absolute Gasteiger partial charge is 0.209 e. The molecule has 0 atom stereocenters. The highest BCUT2D eigenvalue weighted by molar-refractivity contribution is 5.87. The van der Waals surface area contributed by atoms with Gasteiger partial charge in [0.25, 0.3) is 0 Å². The molecule has 0 fully saturated rings. The van der Waals surface area contributed by atoms with Crippen molar-refractivity contribution in [2.75, 3.05) is 0 Å². The minimum absolute atomic E-state index is 0.332. The summed E-state index contributed by atoms with van der Waals surface area (Å²) < 4.78 is 26.4. The maximum absolute atomic E-state index is 13.6. The third-order valence-electron chi connectivity index (χ3n) is 2.63. The number of fused-ring (bicyclic) bond motifs is 1. The van der Waals surface area contributed by atoms with Crippen LogP contribution < -0.4 is 0 Å². The molecule has 2 aromatic carbocycles. The molecule has 0 radical (unpaired) electrons. The van der Waals surface area contributed by atoms with Gasteiger partial charge in [0.05, 0.1) is 0 Å². The number of benzene rings is 2. The Kier molecular flexibility index (Phi) is 2.73. The van der Waals surface area contributed by atoms with E-state index in [2.05, 4.69) is 0 Å². The molecule has 0 N–H and O–H groups in total. The van der Waals surface area contributed by atoms with Crippen molar-refractivity contribution in [3.05, 3.63) is 53.4 Å². The SMILES string of the molecule is C/C(F)=C(/F)c1cc2ccccc2cc1C. The summed E-state index contributed by atoms with van der Waals surface area (Å²) in [5, 5.41) is 1.95. The molecule has 0 bridgehead atoms. The van der Waals surface area contributed by atoms with Crippen LogP contribution in [0.1, 0.15) is 18.1 Å². The molecular formula is C14H12F2. The number of hydrogen-bond acceptors (Lipinski definition) is 0. The summed E-state index contributed by atoms with van der Waals surface area (Å²) in [5.74, 6) is -1.55. The average molecular weight is 218 g/mol. The zero-order valence-electron chi connectivity index (χ0n) is 9.22. The molecule has 2 aromatic rings. The number of halogens is 2. The van der Waals surface area contributed by atoms with E-state index in [9.17, 15) is 8.78 Å². The van der Waals surface area contributed by atoms with Crippen LogP contribution in [0.2, 0.25) is 0 Å². The molecule has 0 nitrogen and oxygen atoms in total. The Bertz CT molecular complexity index is 564. The monoisotopic (exact) mass is 218 g/mol. The molecular weight excluding hydrogens is 206 g/mol. The molecule has 16 heavy (non-hydrogen) atoms. The van der Waals surface area contributed by atoms with Gasteiger partial charge in [0.1, 0.15) is 5.83 Å². The lowest BCUT2D eigenvalue weighted by atomic mass is 10.0. The Morgan fingerprint density at radius 3 is 2.12 bits per heavy atom. The van der Waals surface area contributed by atoms with E-state index in [-0.39, 0.29) is 0 Å². The molecule has 0 aliphatic heterocycles. The number of rotatable bonds is 1. The molecule has 2 heteroatoms. The van der Waals surface area contributed by atoms with E-state index in [1.807, 2.05) is 30.3 Å². The van der Waals surface area contributed by atoms with Crippen molar-refractivity contribution in [3.8, 4) is 0 Å². The predicted molar refractivity (Wildman–Crippen MR) is 63.5 cm³/mol. The van der Waals surface area contributed by atoms with Crippen LogP contribution in [-0.4, -0.2) is 0 Å². The van der Waals surface area contributed by atoms with Crippen LogP contribution >= 0.6 is 0 Å². The summed E-state index contributed by atoms with van der Waals surface area (Å²) in [7, 11) is 0. The van der Waals surface area contributed by atoms with Crippen LogP contribution in [0.3, 0.4) is 0 Å². The molecule has 82 valence electrons. The predicted octanol–water partition coefficient (Wildman–Crippen LogP) is 4.78. The van der Waals surface area contributed by atoms with Crippen LogP contribution in [0.5, 0.6) is 0 Å². The Labute approximate surface area is 93.2 Å². The highest BCUT2D eigenvalue weighted by atomic mass is 19.2. The van der Waals surface area contributed by atoms with Gasteiger partial charge in [0.2, 0.25) is 0 Å². The van der Waals surface area contributed by atoms with Gasteiger partial charge < -0.3 is 0 Å². The average Bonchev–Trinajstić information content (AvgIpc) is 2.27. The van der Waals surface area contributed by atoms with E-state index >= 15 is 0 Å². The topological polar surface area (TPSA) is 0 Å². The van der Waals surface area contributed by atoms with E-state index < -0.39 is 11.7 Å². The maximum Gasteiger partial charge on any atom is 0.161 e. The fourth-order valence-electron chi connectivity index (χ4n) is 1.78. The first-order valence-corrected chi connectivity index (χ1v) is 5.11. The molecule has 0 aliphatic carbocycles. The molecule has 0 unspecified atom stereocenters. The second-order valence-electron chi connectivity index (χ2n) is 3.86. The normalized spacial score (nSPS) is 12.8. The third-order valence-corrected chi connectivity index (χ3v) is 2.63. The first-order chi connectivity index (χ1) is 7.59. The van der Waals surface area contributed by atoms with Crippen molar-refractivity contribution in [1.29, 1.82) is 0 Å². The van der Waals surface area contributed by atoms with Crippen LogP contribution in [0.15, 0.2) is 42.2 Å². The molecule has 0 amide bonds. The quantitative estimate of drug-likeness (QED) is 0.646. The molecule has 0 saturated carbocycles. The van der Waals surface area contributed by atoms with Crippen molar-refractivity contribution < 1.29 is 8.78 Å². The number of allylic oxidation sites excluding steroid dienone is 1. The fraction of sp³-hybridized carbons (Fsp3) is 0.143. The lowest BCUT2D eigenvalue weighted by Crippen LogP contribution is -1.87. The van der Waals surface area contributed by atoms with Gasteiger partial charge in [-0.25, -0.2) is 8.78 Å². The van der Waals surface area contributed by atoms with Gasteiger partial charge in [-0.3, -0.25) is 0 Å². The van der Waals surface area contributed by atoms with Crippen LogP contribution in [0, 0.1) is 6.92 Å². The molecule has 0 spiro atoms. The summed E-state index contributed by atoms with van der Waals surface area (Å²) in [5.41, 5.74) is 1.08. The van der Waals surface area contributed by atoms with Gasteiger partial charge in [-0.05, 0) is 36.2 Å². The molecule has 2 rings (SSSR count). The standard InChI is InChI=1S/C14H12F2/c1-9-7-11-5-3-4-6-12(11)8-13(9)14(16)10(2)15/h3-8H,1-2H3/b14-10-. The van der Waals surface area contributed by atoms with Gasteiger partial charge in [-0.1, -0.05) is 30.3 Å². The molecule has 0 aromatic heterocycles. The number of hydrogen-bond donors (Lipinski definition) is 0. The minimum Gasteiger partial charge on any atom is -0.209 e. The van der Waals surface area contributed by atoms with Crippen molar-refractivity contribution in [2.24, 2.45) is 0 Å². The van der Waals surface area contributed by atoms with Gasteiger partial charge in [0.15, 0.2) is 5.83 Å². The lowest BCUT2D eigenvalue weighted by Gasteiger charge is -2.06. The zero-order chi connectivity index (χ0) is 11.7. The third kappa shape index (κ3) is 1.83. The minimum atomic E-state index is -0.779. The lowest BCUT2D eigenvalue weighted by molar-refractivity contribution is 0.606. The summed E-state index contributed by atoms with van der Waals surface area (Å²) >= 11 is 0. The van der Waals surface area contributed by atoms with Gasteiger partial charge >= 0.3 is 0 Å². The van der Waals surface area contributed by atoms with Crippen molar-refractivity contribution in [2.45, 2.75) is 13.8 Å². The van der Waals surface area contributed by atoms with Crippen molar-refractivity contribution in [3.63, 3.8) is 0 Å². The Morgan fingerprint density at radius 2 is 1.56 bits per heavy atom. The molecule has 0 aliphatic rings. The fourth-order valence-corrected chi connectivity index (χ4v) is 1.78. The second kappa shape index (κ2) is 4.05. The Balaban J connectivity index is 2.73. The van der Waals surface area contributed by atoms with Gasteiger partial charge in [-0.2, -0.15) is 0 Å². The van der Waals surface area contributed by atoms with Crippen LogP contribution in [0.4, 0.5) is 8.78 Å². The molecule has 0 saturated heterocycles. The van der Waals surface area contributed by atoms with E-state index in [1.165, 1.54) is 0 Å². The highest BCUT2D eigenvalue weighted by Gasteiger charge is 2.09. The smallest absolute Gasteiger partial charge is 0.161 e. The van der Waals surface area contributed by atoms with Gasteiger partial charge in [0, 0.05) is 5.56 Å². The second-order valence-corrected chi connectivity index (χ2v) is 3.86. The first-order valence-electron chi connectivity index (χ1n) is 5.11. The van der Waals surface area contributed by atoms with E-state index in [4.69, 9.17) is 0 Å². The summed E-state index contributed by atoms with van der Waals surface area (Å²) in [6.45, 7) is 2.91. The van der Waals surface area contributed by atoms with Crippen molar-refractivity contribution in [1.82, 2.24) is 0 Å². The van der Waals surface area contributed by atoms with Crippen molar-refractivity contribution >= 4 is 16.6 Å². The van der Waals surface area contributed by atoms with E-state index in [1.54, 1.807) is 13.0 Å². The summed E-state index contributed by atoms with van der Waals surface area (Å²) in [4.78, 5) is 0. The van der Waals surface area contributed by atoms with Gasteiger partial charge in [-0.15, -0.1) is 0 Å². The first kappa shape index (κ1) is 10.8. The van der Waals surface area contributed by atoms with Crippen LogP contribution in [-0.2, 0) is 0 Å². The molecule has 0 heterocycles. The maximum atomic E-state index is 13.6. The zero-order valence-corrected chi connectivity index (χ0v) is 9.22. The Hall–Kier alpha value is -1.70. The van der Waals surface area contributed by atoms with E-state index in [0.717, 1.165) is 23.3 Å². The number of aryl methyl sites for hydroxylation is 1. The van der Waals surface area contributed by atoms with E-state index in [0.29, 0.717) is 5.56 Å². The Morgan fingerprint density at radius 1 is 1.00 bits per heavy atom. The highest BCUT2D eigenvalue weighted by Crippen LogP contribution is 2.28.